The van der Waals surface area contributed by atoms with Gasteiger partial charge in [0.1, 0.15) is 5.82 Å². The van der Waals surface area contributed by atoms with Gasteiger partial charge in [-0.05, 0) is 14.0 Å². The van der Waals surface area contributed by atoms with Crippen molar-refractivity contribution in [2.75, 3.05) is 33.0 Å². The minimum absolute atomic E-state index is 0.0187. The van der Waals surface area contributed by atoms with E-state index in [1.54, 1.807) is 7.11 Å². The molecule has 1 amide bonds. The zero-order chi connectivity index (χ0) is 13.8. The Bertz CT molecular complexity index is 438. The molecule has 19 heavy (non-hydrogen) atoms. The van der Waals surface area contributed by atoms with Crippen molar-refractivity contribution in [3.8, 4) is 0 Å². The molecule has 0 unspecified atom stereocenters. The smallest absolute Gasteiger partial charge is 0.230 e. The Kier molecular flexibility index (Phi) is 4.78. The second kappa shape index (κ2) is 6.36. The fourth-order valence-corrected chi connectivity index (χ4v) is 2.76. The van der Waals surface area contributed by atoms with Crippen LogP contribution in [-0.4, -0.2) is 71.1 Å². The second-order valence-corrected chi connectivity index (χ2v) is 5.60. The fraction of sp³-hybridized carbons (Fsp3) is 0.727. The number of methoxy groups -OCH3 is 1. The Hall–Kier alpha value is -1.12. The Labute approximate surface area is 116 Å². The topological polar surface area (TPSA) is 83.1 Å². The molecule has 1 aromatic heterocycles. The Morgan fingerprint density at radius 2 is 2.42 bits per heavy atom. The van der Waals surface area contributed by atoms with E-state index in [2.05, 4.69) is 25.4 Å². The molecule has 0 saturated carbocycles. The van der Waals surface area contributed by atoms with E-state index in [1.165, 1.54) is 11.8 Å². The molecule has 2 N–H and O–H groups in total. The molecular weight excluding hydrogens is 266 g/mol. The summed E-state index contributed by atoms with van der Waals surface area (Å²) in [6, 6.07) is 0.0528. The first-order chi connectivity index (χ1) is 9.08. The third-order valence-corrected chi connectivity index (χ3v) is 3.85. The monoisotopic (exact) mass is 285 g/mol. The molecule has 8 heteroatoms. The third-order valence-electron chi connectivity index (χ3n) is 3.01. The molecule has 1 fully saturated rings. The summed E-state index contributed by atoms with van der Waals surface area (Å²) in [4.78, 5) is 18.2. The fourth-order valence-electron chi connectivity index (χ4n) is 2.10. The number of hydrogen-bond donors (Lipinski definition) is 2. The number of ether oxygens (including phenoxy) is 1. The van der Waals surface area contributed by atoms with Gasteiger partial charge in [-0.1, -0.05) is 11.8 Å². The number of thioether (sulfide) groups is 1. The average Bonchev–Trinajstić information content (AvgIpc) is 2.93. The number of amides is 1. The van der Waals surface area contributed by atoms with E-state index < -0.39 is 0 Å². The van der Waals surface area contributed by atoms with E-state index in [1.807, 2.05) is 14.0 Å². The first kappa shape index (κ1) is 14.3. The van der Waals surface area contributed by atoms with E-state index in [-0.39, 0.29) is 18.1 Å². The van der Waals surface area contributed by atoms with Crippen LogP contribution in [0.15, 0.2) is 5.16 Å². The minimum atomic E-state index is -0.0187. The second-order valence-electron chi connectivity index (χ2n) is 4.66. The van der Waals surface area contributed by atoms with Crippen LogP contribution in [0.2, 0.25) is 0 Å². The van der Waals surface area contributed by atoms with Gasteiger partial charge in [0.05, 0.1) is 17.9 Å². The van der Waals surface area contributed by atoms with E-state index in [9.17, 15) is 4.79 Å². The maximum Gasteiger partial charge on any atom is 0.230 e. The van der Waals surface area contributed by atoms with Gasteiger partial charge in [-0.2, -0.15) is 0 Å². The lowest BCUT2D eigenvalue weighted by Gasteiger charge is -2.18. The maximum atomic E-state index is 11.9. The summed E-state index contributed by atoms with van der Waals surface area (Å²) < 4.78 is 5.37. The Morgan fingerprint density at radius 3 is 3.05 bits per heavy atom. The van der Waals surface area contributed by atoms with E-state index in [0.29, 0.717) is 10.9 Å². The van der Waals surface area contributed by atoms with Crippen molar-refractivity contribution in [3.63, 3.8) is 0 Å². The van der Waals surface area contributed by atoms with Crippen molar-refractivity contribution in [1.82, 2.24) is 25.4 Å². The molecule has 1 saturated heterocycles. The average molecular weight is 285 g/mol. The summed E-state index contributed by atoms with van der Waals surface area (Å²) in [6.45, 7) is 3.48. The van der Waals surface area contributed by atoms with Crippen LogP contribution in [0.1, 0.15) is 5.82 Å². The highest BCUT2D eigenvalue weighted by Gasteiger charge is 2.31. The predicted octanol–water partition coefficient (Wildman–Crippen LogP) is -0.350. The van der Waals surface area contributed by atoms with E-state index in [4.69, 9.17) is 4.74 Å². The van der Waals surface area contributed by atoms with Gasteiger partial charge in [-0.25, -0.2) is 4.98 Å². The van der Waals surface area contributed by atoms with E-state index >= 15 is 0 Å². The summed E-state index contributed by atoms with van der Waals surface area (Å²) in [5, 5.41) is 10.3. The third kappa shape index (κ3) is 3.92. The molecule has 7 nitrogen and oxygen atoms in total. The molecule has 2 heterocycles. The number of H-pyrrole nitrogens is 1. The lowest BCUT2D eigenvalue weighted by Crippen LogP contribution is -2.44. The number of nitrogens with one attached hydrogen (secondary N) is 2. The molecule has 106 valence electrons. The van der Waals surface area contributed by atoms with Crippen LogP contribution in [0.4, 0.5) is 0 Å². The molecule has 1 aliphatic heterocycles. The number of aryl methyl sites for hydroxylation is 1. The van der Waals surface area contributed by atoms with Gasteiger partial charge in [-0.3, -0.25) is 9.89 Å². The lowest BCUT2D eigenvalue weighted by atomic mass is 10.2. The maximum absolute atomic E-state index is 11.9. The van der Waals surface area contributed by atoms with Crippen molar-refractivity contribution in [3.05, 3.63) is 5.82 Å². The van der Waals surface area contributed by atoms with Gasteiger partial charge in [0.2, 0.25) is 11.1 Å². The summed E-state index contributed by atoms with van der Waals surface area (Å²) in [6.07, 6.45) is 0.0599. The van der Waals surface area contributed by atoms with Crippen LogP contribution in [0, 0.1) is 6.92 Å². The number of rotatable bonds is 5. The van der Waals surface area contributed by atoms with Crippen LogP contribution in [0.5, 0.6) is 0 Å². The molecule has 0 aliphatic carbocycles. The number of likely N-dealkylation sites (N-methyl/N-ethyl adjacent to an activating group) is 1. The molecule has 2 rings (SSSR count). The minimum Gasteiger partial charge on any atom is -0.378 e. The van der Waals surface area contributed by atoms with Gasteiger partial charge >= 0.3 is 0 Å². The predicted molar refractivity (Wildman–Crippen MR) is 72.1 cm³/mol. The van der Waals surface area contributed by atoms with Gasteiger partial charge in [0, 0.05) is 20.2 Å². The zero-order valence-electron chi connectivity index (χ0n) is 11.3. The lowest BCUT2D eigenvalue weighted by molar-refractivity contribution is -0.119. The number of nitrogens with zero attached hydrogens (tertiary/aromatic N) is 3. The van der Waals surface area contributed by atoms with Crippen molar-refractivity contribution >= 4 is 17.7 Å². The molecule has 0 spiro atoms. The summed E-state index contributed by atoms with van der Waals surface area (Å²) in [5.41, 5.74) is 0. The number of aromatic nitrogens is 3. The number of carbonyl (C=O) groups is 1. The zero-order valence-corrected chi connectivity index (χ0v) is 12.2. The standard InChI is InChI=1S/C11H19N5O2S/c1-7-12-11(15-14-7)19-6-10(17)13-8-4-16(2)5-9(8)18-3/h8-9H,4-6H2,1-3H3,(H,13,17)(H,12,14,15)/t8-,9-/m1/s1. The quantitative estimate of drug-likeness (QED) is 0.720. The van der Waals surface area contributed by atoms with Crippen LogP contribution >= 0.6 is 11.8 Å². The highest BCUT2D eigenvalue weighted by atomic mass is 32.2. The summed E-state index contributed by atoms with van der Waals surface area (Å²) in [5.74, 6) is 1.04. The SMILES string of the molecule is CO[C@@H]1CN(C)C[C@H]1NC(=O)CSc1n[nH]c(C)n1. The molecule has 0 aromatic carbocycles. The summed E-state index contributed by atoms with van der Waals surface area (Å²) >= 11 is 1.32. The number of aromatic amines is 1. The van der Waals surface area contributed by atoms with Gasteiger partial charge < -0.3 is 15.0 Å². The molecule has 2 atom stereocenters. The van der Waals surface area contributed by atoms with Crippen LogP contribution < -0.4 is 5.32 Å². The molecule has 0 radical (unpaired) electrons. The van der Waals surface area contributed by atoms with E-state index in [0.717, 1.165) is 18.9 Å². The van der Waals surface area contributed by atoms with Crippen molar-refractivity contribution < 1.29 is 9.53 Å². The number of likely N-dealkylation sites (tertiary alicyclic amines) is 1. The highest BCUT2D eigenvalue weighted by molar-refractivity contribution is 7.99. The largest absolute Gasteiger partial charge is 0.378 e. The van der Waals surface area contributed by atoms with Crippen molar-refractivity contribution in [2.45, 2.75) is 24.2 Å². The Morgan fingerprint density at radius 1 is 1.63 bits per heavy atom. The van der Waals surface area contributed by atoms with Crippen molar-refractivity contribution in [2.24, 2.45) is 0 Å². The molecule has 1 aliphatic rings. The van der Waals surface area contributed by atoms with Crippen molar-refractivity contribution in [1.29, 1.82) is 0 Å². The number of hydrogen-bond acceptors (Lipinski definition) is 6. The number of carbonyl (C=O) groups excluding carboxylic acids is 1. The van der Waals surface area contributed by atoms with Gasteiger partial charge in [0.15, 0.2) is 0 Å². The first-order valence-corrected chi connectivity index (χ1v) is 7.09. The van der Waals surface area contributed by atoms with Gasteiger partial charge in [-0.15, -0.1) is 5.10 Å². The molecule has 0 bridgehead atoms. The summed E-state index contributed by atoms with van der Waals surface area (Å²) in [7, 11) is 3.69. The molecular formula is C11H19N5O2S. The molecule has 1 aromatic rings. The first-order valence-electron chi connectivity index (χ1n) is 6.11. The normalized spacial score (nSPS) is 23.7. The van der Waals surface area contributed by atoms with Crippen LogP contribution in [0.25, 0.3) is 0 Å². The Balaban J connectivity index is 1.78. The van der Waals surface area contributed by atoms with Gasteiger partial charge in [0.25, 0.3) is 0 Å². The van der Waals surface area contributed by atoms with Crippen LogP contribution in [0.3, 0.4) is 0 Å². The highest BCUT2D eigenvalue weighted by Crippen LogP contribution is 2.14. The van der Waals surface area contributed by atoms with Crippen LogP contribution in [-0.2, 0) is 9.53 Å².